The van der Waals surface area contributed by atoms with Crippen LogP contribution in [0.25, 0.3) is 0 Å². The zero-order valence-electron chi connectivity index (χ0n) is 19.6. The Morgan fingerprint density at radius 1 is 0.703 bits per heavy atom. The van der Waals surface area contributed by atoms with E-state index in [2.05, 4.69) is 16.0 Å². The maximum atomic E-state index is 13.3. The van der Waals surface area contributed by atoms with Gasteiger partial charge in [-0.2, -0.15) is 5.26 Å². The molecule has 0 aliphatic rings. The van der Waals surface area contributed by atoms with Gasteiger partial charge in [0.2, 0.25) is 11.8 Å². The Bertz CT molecular complexity index is 1480. The van der Waals surface area contributed by atoms with E-state index in [1.165, 1.54) is 18.2 Å². The Balaban J connectivity index is 1.59. The molecule has 4 aromatic rings. The molecule has 0 fully saturated rings. The maximum Gasteiger partial charge on any atom is 0.255 e. The number of para-hydroxylation sites is 3. The Morgan fingerprint density at radius 2 is 1.32 bits per heavy atom. The van der Waals surface area contributed by atoms with E-state index in [0.717, 1.165) is 0 Å². The van der Waals surface area contributed by atoms with E-state index in [4.69, 9.17) is 11.0 Å². The second-order valence-electron chi connectivity index (χ2n) is 8.13. The van der Waals surface area contributed by atoms with E-state index in [9.17, 15) is 14.4 Å². The highest BCUT2D eigenvalue weighted by atomic mass is 16.2. The molecule has 8 nitrogen and oxygen atoms in total. The highest BCUT2D eigenvalue weighted by Gasteiger charge is 2.29. The van der Waals surface area contributed by atoms with Crippen LogP contribution in [-0.4, -0.2) is 17.7 Å². The summed E-state index contributed by atoms with van der Waals surface area (Å²) in [5, 5.41) is 17.4. The maximum absolute atomic E-state index is 13.3. The Morgan fingerprint density at radius 3 is 2.00 bits per heavy atom. The molecule has 4 rings (SSSR count). The van der Waals surface area contributed by atoms with Crippen molar-refractivity contribution >= 4 is 40.5 Å². The van der Waals surface area contributed by atoms with Crippen molar-refractivity contribution in [3.63, 3.8) is 0 Å². The first-order valence-electron chi connectivity index (χ1n) is 11.4. The van der Waals surface area contributed by atoms with Gasteiger partial charge in [0.1, 0.15) is 5.92 Å². The summed E-state index contributed by atoms with van der Waals surface area (Å²) in [4.78, 5) is 39.2. The zero-order chi connectivity index (χ0) is 26.2. The van der Waals surface area contributed by atoms with Gasteiger partial charge in [0.15, 0.2) is 0 Å². The molecule has 0 aliphatic heterocycles. The van der Waals surface area contributed by atoms with Gasteiger partial charge in [0.25, 0.3) is 5.91 Å². The quantitative estimate of drug-likeness (QED) is 0.219. The number of carbonyl (C=O) groups excluding carboxylic acids is 3. The first-order valence-corrected chi connectivity index (χ1v) is 11.4. The average molecular weight is 490 g/mol. The van der Waals surface area contributed by atoms with Gasteiger partial charge >= 0.3 is 0 Å². The van der Waals surface area contributed by atoms with Crippen molar-refractivity contribution in [3.05, 3.63) is 120 Å². The van der Waals surface area contributed by atoms with Crippen molar-refractivity contribution in [2.24, 2.45) is 0 Å². The summed E-state index contributed by atoms with van der Waals surface area (Å²) in [6, 6.07) is 30.3. The van der Waals surface area contributed by atoms with Crippen LogP contribution in [0.4, 0.5) is 22.7 Å². The zero-order valence-corrected chi connectivity index (χ0v) is 19.6. The van der Waals surface area contributed by atoms with Crippen LogP contribution in [-0.2, 0) is 9.59 Å². The van der Waals surface area contributed by atoms with Crippen LogP contribution >= 0.6 is 0 Å². The van der Waals surface area contributed by atoms with E-state index in [-0.39, 0.29) is 5.91 Å². The predicted molar refractivity (Wildman–Crippen MR) is 143 cm³/mol. The summed E-state index contributed by atoms with van der Waals surface area (Å²) >= 11 is 0. The molecule has 3 amide bonds. The topological polar surface area (TPSA) is 137 Å². The van der Waals surface area contributed by atoms with Crippen molar-refractivity contribution in [1.29, 1.82) is 5.26 Å². The van der Waals surface area contributed by atoms with Gasteiger partial charge in [0, 0.05) is 16.9 Å². The van der Waals surface area contributed by atoms with Gasteiger partial charge in [-0.05, 0) is 60.2 Å². The number of nitriles is 1. The molecule has 0 aliphatic carbocycles. The third-order valence-electron chi connectivity index (χ3n) is 5.54. The molecule has 0 bridgehead atoms. The molecule has 1 unspecified atom stereocenters. The second kappa shape index (κ2) is 11.3. The number of nitrogens with two attached hydrogens (primary N) is 1. The molecule has 37 heavy (non-hydrogen) atoms. The van der Waals surface area contributed by atoms with E-state index in [0.29, 0.717) is 39.4 Å². The van der Waals surface area contributed by atoms with Crippen LogP contribution in [0.15, 0.2) is 103 Å². The van der Waals surface area contributed by atoms with E-state index < -0.39 is 17.7 Å². The first-order chi connectivity index (χ1) is 17.9. The molecule has 0 spiro atoms. The molecule has 1 atom stereocenters. The van der Waals surface area contributed by atoms with Crippen molar-refractivity contribution in [1.82, 2.24) is 0 Å². The lowest BCUT2D eigenvalue weighted by Gasteiger charge is -2.18. The summed E-state index contributed by atoms with van der Waals surface area (Å²) in [7, 11) is 0. The Labute approximate surface area is 213 Å². The molecule has 4 aromatic carbocycles. The van der Waals surface area contributed by atoms with Crippen LogP contribution in [0, 0.1) is 11.3 Å². The Hall–Kier alpha value is -5.42. The molecule has 5 N–H and O–H groups in total. The molecule has 0 saturated carbocycles. The van der Waals surface area contributed by atoms with Gasteiger partial charge < -0.3 is 21.7 Å². The lowest BCUT2D eigenvalue weighted by atomic mass is 9.95. The summed E-state index contributed by atoms with van der Waals surface area (Å²) < 4.78 is 0. The van der Waals surface area contributed by atoms with Gasteiger partial charge in [-0.25, -0.2) is 0 Å². The number of rotatable bonds is 7. The third-order valence-corrected chi connectivity index (χ3v) is 5.54. The van der Waals surface area contributed by atoms with Crippen molar-refractivity contribution in [2.45, 2.75) is 5.92 Å². The van der Waals surface area contributed by atoms with Crippen molar-refractivity contribution in [3.8, 4) is 6.07 Å². The molecular weight excluding hydrogens is 466 g/mol. The number of nitrogens with zero attached hydrogens (tertiary/aromatic N) is 1. The van der Waals surface area contributed by atoms with E-state index in [1.807, 2.05) is 12.1 Å². The van der Waals surface area contributed by atoms with Crippen LogP contribution < -0.4 is 21.7 Å². The van der Waals surface area contributed by atoms with E-state index in [1.54, 1.807) is 78.9 Å². The normalized spacial score (nSPS) is 11.0. The molecule has 8 heteroatoms. The minimum absolute atomic E-state index is 0.330. The third kappa shape index (κ3) is 6.18. The molecular formula is C29H23N5O3. The monoisotopic (exact) mass is 489 g/mol. The summed E-state index contributed by atoms with van der Waals surface area (Å²) in [6.45, 7) is 0. The smallest absolute Gasteiger partial charge is 0.255 e. The number of carbonyl (C=O) groups is 3. The number of amides is 3. The summed E-state index contributed by atoms with van der Waals surface area (Å²) in [5.41, 5.74) is 8.83. The molecule has 0 radical (unpaired) electrons. The van der Waals surface area contributed by atoms with Gasteiger partial charge in [-0.3, -0.25) is 14.4 Å². The Kier molecular flexibility index (Phi) is 7.57. The standard InChI is InChI=1S/C29H23N5O3/c30-18-19-7-6-10-23(17-19)33-29(37)26(28(36)32-22-8-2-1-3-9-22)20-13-15-21(16-14-20)27(35)34-25-12-5-4-11-24(25)31/h1-17,26H,31H2,(H,32,36)(H,33,37)(H,34,35). The van der Waals surface area contributed by atoms with Gasteiger partial charge in [-0.15, -0.1) is 0 Å². The number of hydrogen-bond donors (Lipinski definition) is 4. The number of anilines is 4. The van der Waals surface area contributed by atoms with Crippen LogP contribution in [0.5, 0.6) is 0 Å². The number of nitrogens with one attached hydrogen (secondary N) is 3. The van der Waals surface area contributed by atoms with Crippen molar-refractivity contribution < 1.29 is 14.4 Å². The minimum Gasteiger partial charge on any atom is -0.397 e. The fourth-order valence-corrected chi connectivity index (χ4v) is 3.67. The first kappa shape index (κ1) is 24.7. The van der Waals surface area contributed by atoms with Crippen molar-refractivity contribution in [2.75, 3.05) is 21.7 Å². The SMILES string of the molecule is N#Cc1cccc(NC(=O)C(C(=O)Nc2ccccc2)c2ccc(C(=O)Nc3ccccc3N)cc2)c1. The highest BCUT2D eigenvalue weighted by molar-refractivity contribution is 6.15. The number of hydrogen-bond acceptors (Lipinski definition) is 5. The predicted octanol–water partition coefficient (Wildman–Crippen LogP) is 4.75. The number of nitrogen functional groups attached to an aromatic ring is 1. The lowest BCUT2D eigenvalue weighted by molar-refractivity contribution is -0.125. The van der Waals surface area contributed by atoms with Gasteiger partial charge in [-0.1, -0.05) is 48.5 Å². The summed E-state index contributed by atoms with van der Waals surface area (Å²) in [6.07, 6.45) is 0. The van der Waals surface area contributed by atoms with E-state index >= 15 is 0 Å². The van der Waals surface area contributed by atoms with Gasteiger partial charge in [0.05, 0.1) is 23.0 Å². The highest BCUT2D eigenvalue weighted by Crippen LogP contribution is 2.23. The fraction of sp³-hybridized carbons (Fsp3) is 0.0345. The molecule has 182 valence electrons. The largest absolute Gasteiger partial charge is 0.397 e. The van der Waals surface area contributed by atoms with Crippen LogP contribution in [0.2, 0.25) is 0 Å². The van der Waals surface area contributed by atoms with Crippen LogP contribution in [0.3, 0.4) is 0 Å². The fourth-order valence-electron chi connectivity index (χ4n) is 3.67. The summed E-state index contributed by atoms with van der Waals surface area (Å²) in [5.74, 6) is -2.74. The molecule has 0 saturated heterocycles. The van der Waals surface area contributed by atoms with Crippen LogP contribution in [0.1, 0.15) is 27.4 Å². The lowest BCUT2D eigenvalue weighted by Crippen LogP contribution is -2.32. The average Bonchev–Trinajstić information content (AvgIpc) is 2.91. The molecule has 0 heterocycles. The number of benzene rings is 4. The second-order valence-corrected chi connectivity index (χ2v) is 8.13. The minimum atomic E-state index is -1.23. The molecule has 0 aromatic heterocycles.